The zero-order valence-electron chi connectivity index (χ0n) is 16.8. The van der Waals surface area contributed by atoms with Gasteiger partial charge >= 0.3 is 0 Å². The van der Waals surface area contributed by atoms with Crippen LogP contribution in [-0.4, -0.2) is 25.9 Å². The molecule has 0 unspecified atom stereocenters. The first-order valence-electron chi connectivity index (χ1n) is 9.69. The number of Topliss-reactive ketones (excluding diaryl/α,β-unsaturated/α-hetero) is 1. The zero-order valence-corrected chi connectivity index (χ0v) is 16.8. The number of benzene rings is 2. The van der Waals surface area contributed by atoms with E-state index in [0.29, 0.717) is 23.5 Å². The molecule has 150 valence electrons. The van der Waals surface area contributed by atoms with Gasteiger partial charge in [0, 0.05) is 24.6 Å². The van der Waals surface area contributed by atoms with Crippen molar-refractivity contribution in [2.75, 3.05) is 24.4 Å². The number of allylic oxidation sites excluding steroid dienone is 1. The molecule has 0 spiro atoms. The fourth-order valence-corrected chi connectivity index (χ4v) is 4.22. The number of hydrogen-bond donors (Lipinski definition) is 1. The second-order valence-electron chi connectivity index (χ2n) is 7.22. The predicted molar refractivity (Wildman–Crippen MR) is 111 cm³/mol. The van der Waals surface area contributed by atoms with Crippen molar-refractivity contribution in [1.82, 2.24) is 0 Å². The minimum absolute atomic E-state index is 0.0672. The molecule has 6 nitrogen and oxygen atoms in total. The van der Waals surface area contributed by atoms with Crippen LogP contribution in [0.1, 0.15) is 37.8 Å². The highest BCUT2D eigenvalue weighted by Gasteiger charge is 2.38. The van der Waals surface area contributed by atoms with Crippen molar-refractivity contribution in [3.8, 4) is 11.5 Å². The molecule has 0 radical (unpaired) electrons. The first-order valence-corrected chi connectivity index (χ1v) is 9.69. The van der Waals surface area contributed by atoms with Crippen LogP contribution in [0.4, 0.5) is 11.4 Å². The number of amides is 1. The Hall–Kier alpha value is -3.28. The van der Waals surface area contributed by atoms with Gasteiger partial charge < -0.3 is 14.8 Å². The number of ketones is 1. The van der Waals surface area contributed by atoms with Gasteiger partial charge in [0.25, 0.3) is 0 Å². The summed E-state index contributed by atoms with van der Waals surface area (Å²) in [6, 6.07) is 12.7. The summed E-state index contributed by atoms with van der Waals surface area (Å²) < 4.78 is 10.8. The molecule has 0 saturated heterocycles. The first-order chi connectivity index (χ1) is 14.0. The van der Waals surface area contributed by atoms with Crippen molar-refractivity contribution in [2.45, 2.75) is 32.2 Å². The number of methoxy groups -OCH3 is 2. The Morgan fingerprint density at radius 1 is 1.07 bits per heavy atom. The molecular weight excluding hydrogens is 368 g/mol. The molecular formula is C23H24N2O4. The molecule has 1 heterocycles. The molecule has 6 heteroatoms. The average Bonchev–Trinajstić information content (AvgIpc) is 2.88. The van der Waals surface area contributed by atoms with Crippen LogP contribution in [0.3, 0.4) is 0 Å². The number of anilines is 2. The van der Waals surface area contributed by atoms with Crippen LogP contribution in [0, 0.1) is 0 Å². The molecule has 0 aromatic heterocycles. The Bertz CT molecular complexity index is 1010. The van der Waals surface area contributed by atoms with Crippen LogP contribution >= 0.6 is 0 Å². The molecule has 1 N–H and O–H groups in total. The fraction of sp³-hybridized carbons (Fsp3) is 0.304. The molecule has 2 aromatic carbocycles. The van der Waals surface area contributed by atoms with E-state index in [1.54, 1.807) is 19.1 Å². The number of fused-ring (bicyclic) bond motifs is 1. The molecule has 1 amide bonds. The van der Waals surface area contributed by atoms with E-state index >= 15 is 0 Å². The third-order valence-electron chi connectivity index (χ3n) is 5.50. The summed E-state index contributed by atoms with van der Waals surface area (Å²) in [6.45, 7) is 1.53. The van der Waals surface area contributed by atoms with Gasteiger partial charge in [-0.25, -0.2) is 0 Å². The molecule has 1 aliphatic carbocycles. The Labute approximate surface area is 170 Å². The van der Waals surface area contributed by atoms with Crippen molar-refractivity contribution in [2.24, 2.45) is 0 Å². The number of nitrogens with one attached hydrogen (secondary N) is 1. The first kappa shape index (κ1) is 19.1. The molecule has 4 rings (SSSR count). The van der Waals surface area contributed by atoms with Gasteiger partial charge in [0.15, 0.2) is 17.3 Å². The zero-order chi connectivity index (χ0) is 20.5. The van der Waals surface area contributed by atoms with E-state index in [2.05, 4.69) is 5.32 Å². The molecule has 2 aliphatic rings. The van der Waals surface area contributed by atoms with Gasteiger partial charge in [-0.3, -0.25) is 14.5 Å². The molecule has 0 bridgehead atoms. The number of ether oxygens (including phenoxy) is 2. The summed E-state index contributed by atoms with van der Waals surface area (Å²) in [5.41, 5.74) is 3.92. The highest BCUT2D eigenvalue weighted by Crippen LogP contribution is 2.45. The lowest BCUT2D eigenvalue weighted by molar-refractivity contribution is -0.117. The van der Waals surface area contributed by atoms with E-state index in [-0.39, 0.29) is 11.7 Å². The third kappa shape index (κ3) is 3.24. The smallest absolute Gasteiger partial charge is 0.224 e. The topological polar surface area (TPSA) is 67.9 Å². The highest BCUT2D eigenvalue weighted by atomic mass is 16.5. The summed E-state index contributed by atoms with van der Waals surface area (Å²) in [7, 11) is 3.15. The average molecular weight is 392 g/mol. The van der Waals surface area contributed by atoms with E-state index in [1.165, 1.54) is 6.92 Å². The molecule has 2 aromatic rings. The summed E-state index contributed by atoms with van der Waals surface area (Å²) >= 11 is 0. The van der Waals surface area contributed by atoms with Crippen LogP contribution < -0.4 is 19.7 Å². The Kier molecular flexibility index (Phi) is 5.01. The van der Waals surface area contributed by atoms with Crippen LogP contribution in [0.15, 0.2) is 53.7 Å². The van der Waals surface area contributed by atoms with Gasteiger partial charge in [-0.2, -0.15) is 0 Å². The quantitative estimate of drug-likeness (QED) is 0.847. The summed E-state index contributed by atoms with van der Waals surface area (Å²) in [6.07, 6.45) is 2.04. The Morgan fingerprint density at radius 2 is 1.83 bits per heavy atom. The largest absolute Gasteiger partial charge is 0.493 e. The van der Waals surface area contributed by atoms with Gasteiger partial charge in [0.05, 0.1) is 31.6 Å². The molecule has 0 fully saturated rings. The minimum Gasteiger partial charge on any atom is -0.493 e. The predicted octanol–water partition coefficient (Wildman–Crippen LogP) is 4.23. The maximum absolute atomic E-state index is 13.1. The monoisotopic (exact) mass is 392 g/mol. The Balaban J connectivity index is 1.99. The number of carbonyl (C=O) groups is 2. The van der Waals surface area contributed by atoms with Crippen LogP contribution in [0.5, 0.6) is 11.5 Å². The van der Waals surface area contributed by atoms with Gasteiger partial charge in [-0.15, -0.1) is 0 Å². The van der Waals surface area contributed by atoms with E-state index in [9.17, 15) is 9.59 Å². The van der Waals surface area contributed by atoms with E-state index in [4.69, 9.17) is 9.47 Å². The number of hydrogen-bond acceptors (Lipinski definition) is 5. The normalized spacial score (nSPS) is 18.4. The van der Waals surface area contributed by atoms with Crippen molar-refractivity contribution in [3.05, 3.63) is 59.3 Å². The van der Waals surface area contributed by atoms with Crippen molar-refractivity contribution in [3.63, 3.8) is 0 Å². The van der Waals surface area contributed by atoms with Crippen molar-refractivity contribution >= 4 is 23.1 Å². The fourth-order valence-electron chi connectivity index (χ4n) is 4.22. The maximum atomic E-state index is 13.1. The van der Waals surface area contributed by atoms with Crippen LogP contribution in [0.2, 0.25) is 0 Å². The molecule has 1 atom stereocenters. The van der Waals surface area contributed by atoms with E-state index in [0.717, 1.165) is 35.5 Å². The summed E-state index contributed by atoms with van der Waals surface area (Å²) in [5, 5.41) is 3.44. The number of nitrogens with zero attached hydrogens (tertiary/aromatic N) is 1. The van der Waals surface area contributed by atoms with Gasteiger partial charge in [0.1, 0.15) is 0 Å². The van der Waals surface area contributed by atoms with Crippen molar-refractivity contribution in [1.29, 1.82) is 0 Å². The second-order valence-corrected chi connectivity index (χ2v) is 7.22. The minimum atomic E-state index is -0.536. The lowest BCUT2D eigenvalue weighted by Crippen LogP contribution is -2.36. The number of para-hydroxylation sites is 2. The van der Waals surface area contributed by atoms with E-state index in [1.807, 2.05) is 42.5 Å². The SMILES string of the molecule is COc1ccc([C@@H]2C3=C(CCCC3=O)Nc3ccccc3N2C(C)=O)cc1OC. The lowest BCUT2D eigenvalue weighted by atomic mass is 9.85. The molecule has 0 saturated carbocycles. The van der Waals surface area contributed by atoms with Gasteiger partial charge in [-0.05, 0) is 42.7 Å². The van der Waals surface area contributed by atoms with E-state index < -0.39 is 6.04 Å². The van der Waals surface area contributed by atoms with Crippen LogP contribution in [-0.2, 0) is 9.59 Å². The number of rotatable bonds is 3. The maximum Gasteiger partial charge on any atom is 0.224 e. The second kappa shape index (κ2) is 7.62. The molecule has 29 heavy (non-hydrogen) atoms. The van der Waals surface area contributed by atoms with Crippen LogP contribution in [0.25, 0.3) is 0 Å². The third-order valence-corrected chi connectivity index (χ3v) is 5.50. The van der Waals surface area contributed by atoms with Crippen molar-refractivity contribution < 1.29 is 19.1 Å². The lowest BCUT2D eigenvalue weighted by Gasteiger charge is -2.33. The Morgan fingerprint density at radius 3 is 2.55 bits per heavy atom. The molecule has 1 aliphatic heterocycles. The highest BCUT2D eigenvalue weighted by molar-refractivity contribution is 6.05. The summed E-state index contributed by atoms with van der Waals surface area (Å²) in [4.78, 5) is 27.6. The summed E-state index contributed by atoms with van der Waals surface area (Å²) in [5.74, 6) is 1.09. The van der Waals surface area contributed by atoms with Gasteiger partial charge in [0.2, 0.25) is 5.91 Å². The van der Waals surface area contributed by atoms with Gasteiger partial charge in [-0.1, -0.05) is 18.2 Å². The number of carbonyl (C=O) groups excluding carboxylic acids is 2. The standard InChI is InChI=1S/C23H24N2O4/c1-14(26)25-18-9-5-4-7-16(18)24-17-8-6-10-19(27)22(17)23(25)15-11-12-20(28-2)21(13-15)29-3/h4-5,7,9,11-13,23-24H,6,8,10H2,1-3H3/t23-/m1/s1.